The highest BCUT2D eigenvalue weighted by atomic mass is 32.1. The Morgan fingerprint density at radius 3 is 2.84 bits per heavy atom. The number of ether oxygens (including phenoxy) is 2. The van der Waals surface area contributed by atoms with Gasteiger partial charge in [0.1, 0.15) is 11.5 Å². The summed E-state index contributed by atoms with van der Waals surface area (Å²) in [5.41, 5.74) is 1.54. The average molecular weight is 543 g/mol. The molecule has 3 aromatic heterocycles. The van der Waals surface area contributed by atoms with Crippen molar-refractivity contribution < 1.29 is 27.4 Å². The number of anilines is 1. The van der Waals surface area contributed by atoms with Gasteiger partial charge in [0.05, 0.1) is 21.7 Å². The van der Waals surface area contributed by atoms with E-state index in [0.717, 1.165) is 11.3 Å². The first-order valence-corrected chi connectivity index (χ1v) is 12.4. The van der Waals surface area contributed by atoms with Crippen LogP contribution in [0.3, 0.4) is 0 Å². The highest BCUT2D eigenvalue weighted by Crippen LogP contribution is 2.35. The van der Waals surface area contributed by atoms with Crippen molar-refractivity contribution in [3.63, 3.8) is 0 Å². The van der Waals surface area contributed by atoms with Crippen molar-refractivity contribution in [2.45, 2.75) is 13.5 Å². The second kappa shape index (κ2) is 10.1. The number of alkyl halides is 2. The molecule has 2 aromatic carbocycles. The summed E-state index contributed by atoms with van der Waals surface area (Å²) in [6, 6.07) is 8.73. The number of benzene rings is 2. The molecule has 0 unspecified atom stereocenters. The Morgan fingerprint density at radius 2 is 2.05 bits per heavy atom. The Bertz CT molecular complexity index is 1670. The number of para-hydroxylation sites is 1. The van der Waals surface area contributed by atoms with E-state index >= 15 is 0 Å². The van der Waals surface area contributed by atoms with Crippen LogP contribution in [0, 0.1) is 5.82 Å². The summed E-state index contributed by atoms with van der Waals surface area (Å²) in [4.78, 5) is 22.7. The number of rotatable bonds is 8. The first-order chi connectivity index (χ1) is 17.8. The lowest BCUT2D eigenvalue weighted by atomic mass is 10.1. The predicted octanol–water partition coefficient (Wildman–Crippen LogP) is 7.08. The van der Waals surface area contributed by atoms with Gasteiger partial charge in [0, 0.05) is 17.1 Å². The van der Waals surface area contributed by atoms with Gasteiger partial charge in [-0.1, -0.05) is 30.0 Å². The van der Waals surface area contributed by atoms with Crippen LogP contribution in [0.5, 0.6) is 11.5 Å². The standard InChI is InChI=1S/C25H17F3N4O3S2/c1-13(2)34-21-14(4-3-5-18(21)35-23(27)28)6-8-17-20(32-10-11-36-25(32)30-17)22(33)31-24-29-16-9-7-15(26)12-19(16)37-24/h3-12,23H,1H2,2H3,(H,29,31,33). The molecule has 0 saturated heterocycles. The number of nitrogens with one attached hydrogen (secondary N) is 1. The van der Waals surface area contributed by atoms with Crippen molar-refractivity contribution in [3.05, 3.63) is 83.1 Å². The number of imidazole rings is 1. The second-order valence-electron chi connectivity index (χ2n) is 7.68. The number of amides is 1. The van der Waals surface area contributed by atoms with Crippen molar-refractivity contribution in [2.24, 2.45) is 0 Å². The Kier molecular flexibility index (Phi) is 6.68. The van der Waals surface area contributed by atoms with Crippen molar-refractivity contribution in [1.82, 2.24) is 14.4 Å². The Balaban J connectivity index is 1.50. The third kappa shape index (κ3) is 5.20. The number of hydrogen-bond acceptors (Lipinski definition) is 7. The summed E-state index contributed by atoms with van der Waals surface area (Å²) in [5, 5.41) is 4.85. The first kappa shape index (κ1) is 24.5. The largest absolute Gasteiger partial charge is 0.458 e. The average Bonchev–Trinajstić information content (AvgIpc) is 3.52. The Hall–Kier alpha value is -4.16. The molecule has 0 fully saturated rings. The zero-order valence-corrected chi connectivity index (χ0v) is 20.7. The van der Waals surface area contributed by atoms with Crippen LogP contribution < -0.4 is 14.8 Å². The summed E-state index contributed by atoms with van der Waals surface area (Å²) < 4.78 is 51.8. The molecule has 0 aliphatic rings. The van der Waals surface area contributed by atoms with Crippen LogP contribution in [0.15, 0.2) is 60.3 Å². The van der Waals surface area contributed by atoms with Crippen LogP contribution in [0.4, 0.5) is 18.3 Å². The number of thiazole rings is 2. The van der Waals surface area contributed by atoms with Crippen LogP contribution in [0.2, 0.25) is 0 Å². The molecule has 3 heterocycles. The number of halogens is 3. The van der Waals surface area contributed by atoms with E-state index in [4.69, 9.17) is 4.74 Å². The normalized spacial score (nSPS) is 11.6. The molecule has 5 aromatic rings. The Labute approximate surface area is 216 Å². The van der Waals surface area contributed by atoms with E-state index in [9.17, 15) is 18.0 Å². The molecule has 1 amide bonds. The summed E-state index contributed by atoms with van der Waals surface area (Å²) in [5.74, 6) is -0.691. The lowest BCUT2D eigenvalue weighted by molar-refractivity contribution is -0.0511. The zero-order chi connectivity index (χ0) is 26.1. The quantitative estimate of drug-likeness (QED) is 0.212. The van der Waals surface area contributed by atoms with Gasteiger partial charge in [0.2, 0.25) is 0 Å². The summed E-state index contributed by atoms with van der Waals surface area (Å²) >= 11 is 2.48. The SMILES string of the molecule is C=C(C)Oc1c(C=Cc2nc3sccn3c2C(=O)Nc2nc3ccc(F)cc3s2)cccc1OC(F)F. The molecule has 37 heavy (non-hydrogen) atoms. The second-order valence-corrected chi connectivity index (χ2v) is 9.58. The van der Waals surface area contributed by atoms with Crippen LogP contribution in [-0.2, 0) is 0 Å². The van der Waals surface area contributed by atoms with E-state index in [-0.39, 0.29) is 23.0 Å². The van der Waals surface area contributed by atoms with Crippen LogP contribution in [0.1, 0.15) is 28.7 Å². The van der Waals surface area contributed by atoms with E-state index in [2.05, 4.69) is 26.6 Å². The zero-order valence-electron chi connectivity index (χ0n) is 19.1. The van der Waals surface area contributed by atoms with Gasteiger partial charge in [-0.05, 0) is 43.3 Å². The monoisotopic (exact) mass is 542 g/mol. The molecule has 1 N–H and O–H groups in total. The van der Waals surface area contributed by atoms with Crippen LogP contribution in [0.25, 0.3) is 27.3 Å². The highest BCUT2D eigenvalue weighted by molar-refractivity contribution is 7.22. The number of aromatic nitrogens is 3. The van der Waals surface area contributed by atoms with Gasteiger partial charge >= 0.3 is 6.61 Å². The molecule has 12 heteroatoms. The van der Waals surface area contributed by atoms with Gasteiger partial charge in [-0.2, -0.15) is 8.78 Å². The molecule has 0 atom stereocenters. The number of carbonyl (C=O) groups excluding carboxylic acids is 1. The van der Waals surface area contributed by atoms with Crippen molar-refractivity contribution in [1.29, 1.82) is 0 Å². The van der Waals surface area contributed by atoms with Crippen molar-refractivity contribution >= 4 is 61.0 Å². The van der Waals surface area contributed by atoms with E-state index in [1.165, 1.54) is 41.7 Å². The molecule has 0 spiro atoms. The third-order valence-corrected chi connectivity index (χ3v) is 6.69. The van der Waals surface area contributed by atoms with Gasteiger partial charge in [0.15, 0.2) is 21.6 Å². The van der Waals surface area contributed by atoms with E-state index in [1.54, 1.807) is 41.1 Å². The minimum Gasteiger partial charge on any atom is -0.458 e. The maximum absolute atomic E-state index is 13.5. The molecule has 7 nitrogen and oxygen atoms in total. The molecular formula is C25H17F3N4O3S2. The van der Waals surface area contributed by atoms with E-state index in [1.807, 2.05) is 0 Å². The van der Waals surface area contributed by atoms with E-state index < -0.39 is 18.3 Å². The Morgan fingerprint density at radius 1 is 1.22 bits per heavy atom. The minimum atomic E-state index is -3.04. The fourth-order valence-corrected chi connectivity index (χ4v) is 5.16. The maximum Gasteiger partial charge on any atom is 0.387 e. The molecule has 0 aliphatic carbocycles. The van der Waals surface area contributed by atoms with Crippen LogP contribution >= 0.6 is 22.7 Å². The molecule has 0 aliphatic heterocycles. The van der Waals surface area contributed by atoms with Crippen molar-refractivity contribution in [2.75, 3.05) is 5.32 Å². The third-order valence-electron chi connectivity index (χ3n) is 5.00. The minimum absolute atomic E-state index is 0.0558. The van der Waals surface area contributed by atoms with E-state index in [0.29, 0.717) is 31.6 Å². The predicted molar refractivity (Wildman–Crippen MR) is 138 cm³/mol. The number of carbonyl (C=O) groups is 1. The summed E-state index contributed by atoms with van der Waals surface area (Å²) in [6.45, 7) is 2.20. The number of allylic oxidation sites excluding steroid dienone is 1. The summed E-state index contributed by atoms with van der Waals surface area (Å²) in [6.07, 6.45) is 4.87. The van der Waals surface area contributed by atoms with Gasteiger partial charge in [-0.15, -0.1) is 11.3 Å². The molecule has 5 rings (SSSR count). The van der Waals surface area contributed by atoms with Crippen molar-refractivity contribution in [3.8, 4) is 11.5 Å². The lowest BCUT2D eigenvalue weighted by Crippen LogP contribution is -2.15. The summed E-state index contributed by atoms with van der Waals surface area (Å²) in [7, 11) is 0. The number of hydrogen-bond donors (Lipinski definition) is 1. The van der Waals surface area contributed by atoms with Gasteiger partial charge in [0.25, 0.3) is 5.91 Å². The molecule has 0 saturated carbocycles. The van der Waals surface area contributed by atoms with Gasteiger partial charge < -0.3 is 9.47 Å². The molecular weight excluding hydrogens is 525 g/mol. The number of nitrogens with zero attached hydrogens (tertiary/aromatic N) is 3. The van der Waals surface area contributed by atoms with Gasteiger partial charge in [-0.3, -0.25) is 14.5 Å². The lowest BCUT2D eigenvalue weighted by Gasteiger charge is -2.14. The topological polar surface area (TPSA) is 77.8 Å². The smallest absolute Gasteiger partial charge is 0.387 e. The molecule has 0 radical (unpaired) electrons. The first-order valence-electron chi connectivity index (χ1n) is 10.7. The number of fused-ring (bicyclic) bond motifs is 2. The highest BCUT2D eigenvalue weighted by Gasteiger charge is 2.21. The molecule has 0 bridgehead atoms. The van der Waals surface area contributed by atoms with Gasteiger partial charge in [-0.25, -0.2) is 14.4 Å². The fraction of sp³-hybridized carbons (Fsp3) is 0.0800. The fourth-order valence-electron chi connectivity index (χ4n) is 3.56. The van der Waals surface area contributed by atoms with Crippen LogP contribution in [-0.4, -0.2) is 26.9 Å². The molecule has 188 valence electrons. The maximum atomic E-state index is 13.5.